The van der Waals surface area contributed by atoms with E-state index < -0.39 is 5.82 Å². The molecule has 0 aliphatic rings. The van der Waals surface area contributed by atoms with Crippen molar-refractivity contribution in [3.05, 3.63) is 81.7 Å². The predicted octanol–water partition coefficient (Wildman–Crippen LogP) is 4.63. The zero-order chi connectivity index (χ0) is 17.1. The van der Waals surface area contributed by atoms with Crippen molar-refractivity contribution in [1.82, 2.24) is 9.78 Å². The minimum absolute atomic E-state index is 0.353. The van der Waals surface area contributed by atoms with E-state index in [1.165, 1.54) is 24.3 Å². The number of hydrogen-bond donors (Lipinski definition) is 1. The van der Waals surface area contributed by atoms with E-state index >= 15 is 0 Å². The highest BCUT2D eigenvalue weighted by Gasteiger charge is 2.09. The molecule has 7 heteroatoms. The summed E-state index contributed by atoms with van der Waals surface area (Å²) in [5, 5.41) is 8.05. The molecule has 2 aromatic carbocycles. The lowest BCUT2D eigenvalue weighted by Crippen LogP contribution is -2.12. The van der Waals surface area contributed by atoms with Crippen LogP contribution in [0.3, 0.4) is 0 Å². The fourth-order valence-electron chi connectivity index (χ4n) is 2.13. The van der Waals surface area contributed by atoms with Gasteiger partial charge < -0.3 is 5.32 Å². The van der Waals surface area contributed by atoms with E-state index in [0.29, 0.717) is 28.0 Å². The first kappa shape index (κ1) is 16.5. The number of carbonyl (C=O) groups is 1. The third-order valence-electron chi connectivity index (χ3n) is 3.34. The number of anilines is 1. The molecular formula is C17H12Cl2FN3O. The van der Waals surface area contributed by atoms with Crippen LogP contribution in [-0.2, 0) is 6.54 Å². The Morgan fingerprint density at radius 2 is 1.88 bits per heavy atom. The molecule has 0 saturated carbocycles. The summed E-state index contributed by atoms with van der Waals surface area (Å²) in [5.41, 5.74) is 1.22. The number of aromatic nitrogens is 2. The van der Waals surface area contributed by atoms with Crippen LogP contribution in [0.1, 0.15) is 15.9 Å². The van der Waals surface area contributed by atoms with Crippen molar-refractivity contribution < 1.29 is 9.18 Å². The summed E-state index contributed by atoms with van der Waals surface area (Å²) in [7, 11) is 0. The third-order valence-corrected chi connectivity index (χ3v) is 3.92. The van der Waals surface area contributed by atoms with Gasteiger partial charge in [0.1, 0.15) is 5.82 Å². The zero-order valence-electron chi connectivity index (χ0n) is 12.3. The van der Waals surface area contributed by atoms with Gasteiger partial charge in [-0.1, -0.05) is 29.3 Å². The third kappa shape index (κ3) is 3.93. The molecule has 0 radical (unpaired) electrons. The van der Waals surface area contributed by atoms with Gasteiger partial charge in [-0.15, -0.1) is 0 Å². The molecule has 0 saturated heterocycles. The normalized spacial score (nSPS) is 10.6. The highest BCUT2D eigenvalue weighted by atomic mass is 35.5. The monoisotopic (exact) mass is 363 g/mol. The summed E-state index contributed by atoms with van der Waals surface area (Å²) >= 11 is 12.0. The number of hydrogen-bond acceptors (Lipinski definition) is 2. The first-order valence-corrected chi connectivity index (χ1v) is 7.81. The molecule has 1 aromatic heterocycles. The summed E-state index contributed by atoms with van der Waals surface area (Å²) in [5.74, 6) is -0.352. The van der Waals surface area contributed by atoms with E-state index in [0.717, 1.165) is 5.56 Å². The molecule has 1 heterocycles. The minimum Gasteiger partial charge on any atom is -0.305 e. The van der Waals surface area contributed by atoms with E-state index in [-0.39, 0.29) is 5.91 Å². The molecule has 0 fully saturated rings. The molecule has 3 aromatic rings. The minimum atomic E-state index is -0.393. The molecule has 0 aliphatic heterocycles. The predicted molar refractivity (Wildman–Crippen MR) is 92.1 cm³/mol. The number of halogens is 3. The second kappa shape index (κ2) is 7.03. The molecule has 0 spiro atoms. The van der Waals surface area contributed by atoms with Gasteiger partial charge in [-0.25, -0.2) is 4.39 Å². The second-order valence-electron chi connectivity index (χ2n) is 5.10. The van der Waals surface area contributed by atoms with E-state index in [4.69, 9.17) is 23.2 Å². The Labute approximate surface area is 147 Å². The van der Waals surface area contributed by atoms with Crippen LogP contribution < -0.4 is 5.32 Å². The van der Waals surface area contributed by atoms with Crippen molar-refractivity contribution in [3.8, 4) is 0 Å². The van der Waals surface area contributed by atoms with Gasteiger partial charge in [-0.3, -0.25) is 9.48 Å². The summed E-state index contributed by atoms with van der Waals surface area (Å²) in [6.45, 7) is 0.447. The fourth-order valence-corrected chi connectivity index (χ4v) is 2.60. The first-order chi connectivity index (χ1) is 11.5. The Balaban J connectivity index is 1.69. The lowest BCUT2D eigenvalue weighted by atomic mass is 10.2. The van der Waals surface area contributed by atoms with Gasteiger partial charge in [-0.05, 0) is 42.0 Å². The van der Waals surface area contributed by atoms with E-state index in [1.807, 2.05) is 6.07 Å². The molecule has 122 valence electrons. The summed E-state index contributed by atoms with van der Waals surface area (Å²) in [6.07, 6.45) is 1.73. The topological polar surface area (TPSA) is 46.9 Å². The van der Waals surface area contributed by atoms with Crippen LogP contribution in [0.5, 0.6) is 0 Å². The van der Waals surface area contributed by atoms with Crippen molar-refractivity contribution in [1.29, 1.82) is 0 Å². The van der Waals surface area contributed by atoms with Gasteiger partial charge in [0, 0.05) is 27.9 Å². The van der Waals surface area contributed by atoms with Gasteiger partial charge >= 0.3 is 0 Å². The lowest BCUT2D eigenvalue weighted by molar-refractivity contribution is 0.102. The van der Waals surface area contributed by atoms with Gasteiger partial charge in [0.2, 0.25) is 0 Å². The summed E-state index contributed by atoms with van der Waals surface area (Å²) < 4.78 is 14.5. The van der Waals surface area contributed by atoms with Crippen molar-refractivity contribution in [2.24, 2.45) is 0 Å². The molecule has 1 N–H and O–H groups in total. The van der Waals surface area contributed by atoms with Gasteiger partial charge in [0.25, 0.3) is 5.91 Å². The summed E-state index contributed by atoms with van der Waals surface area (Å²) in [4.78, 5) is 12.1. The average Bonchev–Trinajstić information content (AvgIpc) is 2.98. The van der Waals surface area contributed by atoms with E-state index in [2.05, 4.69) is 10.4 Å². The Bertz CT molecular complexity index is 878. The Hall–Kier alpha value is -2.37. The largest absolute Gasteiger partial charge is 0.305 e. The number of rotatable bonds is 4. The van der Waals surface area contributed by atoms with Crippen LogP contribution in [-0.4, -0.2) is 15.7 Å². The molecule has 1 amide bonds. The van der Waals surface area contributed by atoms with Crippen LogP contribution in [0.4, 0.5) is 10.2 Å². The highest BCUT2D eigenvalue weighted by Crippen LogP contribution is 2.22. The maximum Gasteiger partial charge on any atom is 0.256 e. The number of nitrogens with one attached hydrogen (secondary N) is 1. The average molecular weight is 364 g/mol. The van der Waals surface area contributed by atoms with Crippen molar-refractivity contribution in [3.63, 3.8) is 0 Å². The van der Waals surface area contributed by atoms with Crippen molar-refractivity contribution >= 4 is 34.9 Å². The molecule has 0 unspecified atom stereocenters. The Kier molecular flexibility index (Phi) is 4.83. The number of amides is 1. The molecule has 0 atom stereocenters. The Morgan fingerprint density at radius 1 is 1.12 bits per heavy atom. The second-order valence-corrected chi connectivity index (χ2v) is 5.94. The number of carbonyl (C=O) groups excluding carboxylic acids is 1. The molecule has 0 bridgehead atoms. The highest BCUT2D eigenvalue weighted by molar-refractivity contribution is 6.35. The van der Waals surface area contributed by atoms with Crippen LogP contribution in [0.15, 0.2) is 54.7 Å². The quantitative estimate of drug-likeness (QED) is 0.734. The maximum absolute atomic E-state index is 12.9. The van der Waals surface area contributed by atoms with Crippen LogP contribution >= 0.6 is 23.2 Å². The zero-order valence-corrected chi connectivity index (χ0v) is 13.9. The van der Waals surface area contributed by atoms with Crippen molar-refractivity contribution in [2.45, 2.75) is 6.54 Å². The standard InChI is InChI=1S/C17H12Cl2FN3O/c18-13-4-1-12(15(19)9-13)10-23-8-7-16(22-23)21-17(24)11-2-5-14(20)6-3-11/h1-9H,10H2,(H,21,22,24). The molecule has 3 rings (SSSR count). The van der Waals surface area contributed by atoms with E-state index in [1.54, 1.807) is 29.1 Å². The molecule has 0 aliphatic carbocycles. The van der Waals surface area contributed by atoms with Gasteiger partial charge in [0.05, 0.1) is 6.54 Å². The van der Waals surface area contributed by atoms with Crippen LogP contribution in [0.25, 0.3) is 0 Å². The number of benzene rings is 2. The Morgan fingerprint density at radius 3 is 2.58 bits per heavy atom. The first-order valence-electron chi connectivity index (χ1n) is 7.05. The molecule has 4 nitrogen and oxygen atoms in total. The number of nitrogens with zero attached hydrogens (tertiary/aromatic N) is 2. The lowest BCUT2D eigenvalue weighted by Gasteiger charge is -2.05. The fraction of sp³-hybridized carbons (Fsp3) is 0.0588. The van der Waals surface area contributed by atoms with E-state index in [9.17, 15) is 9.18 Å². The van der Waals surface area contributed by atoms with Gasteiger partial charge in [0.15, 0.2) is 5.82 Å². The smallest absolute Gasteiger partial charge is 0.256 e. The van der Waals surface area contributed by atoms with Crippen LogP contribution in [0.2, 0.25) is 10.0 Å². The maximum atomic E-state index is 12.9. The van der Waals surface area contributed by atoms with Crippen LogP contribution in [0, 0.1) is 5.82 Å². The van der Waals surface area contributed by atoms with Gasteiger partial charge in [-0.2, -0.15) is 5.10 Å². The summed E-state index contributed by atoms with van der Waals surface area (Å²) in [6, 6.07) is 12.2. The molecule has 24 heavy (non-hydrogen) atoms. The molecular weight excluding hydrogens is 352 g/mol. The SMILES string of the molecule is O=C(Nc1ccn(Cc2ccc(Cl)cc2Cl)n1)c1ccc(F)cc1. The van der Waals surface area contributed by atoms with Crippen molar-refractivity contribution in [2.75, 3.05) is 5.32 Å².